The van der Waals surface area contributed by atoms with E-state index in [4.69, 9.17) is 0 Å². The van der Waals surface area contributed by atoms with E-state index in [1.807, 2.05) is 18.0 Å². The predicted octanol–water partition coefficient (Wildman–Crippen LogP) is 2.31. The average molecular weight is 251 g/mol. The Morgan fingerprint density at radius 2 is 2.18 bits per heavy atom. The largest absolute Gasteiger partial charge is 0.355 e. The van der Waals surface area contributed by atoms with Crippen molar-refractivity contribution in [2.24, 2.45) is 0 Å². The number of aromatic nitrogens is 1. The van der Waals surface area contributed by atoms with Crippen LogP contribution in [-0.2, 0) is 0 Å². The van der Waals surface area contributed by atoms with Crippen LogP contribution in [0.4, 0.5) is 5.82 Å². The maximum Gasteiger partial charge on any atom is 0.128 e. The number of anilines is 1. The van der Waals surface area contributed by atoms with Gasteiger partial charge in [-0.2, -0.15) is 11.8 Å². The standard InChI is InChI=1S/C13H21N3S/c1-3-14-11(2)12-4-5-13(15-10-12)16-6-8-17-9-7-16/h4-5,10-11,14H,3,6-9H2,1-2H3. The van der Waals surface area contributed by atoms with Gasteiger partial charge in [-0.15, -0.1) is 0 Å². The molecule has 1 fully saturated rings. The summed E-state index contributed by atoms with van der Waals surface area (Å²) in [4.78, 5) is 6.96. The molecule has 0 amide bonds. The molecule has 1 aromatic rings. The molecule has 0 saturated carbocycles. The molecule has 3 nitrogen and oxygen atoms in total. The van der Waals surface area contributed by atoms with Crippen molar-refractivity contribution < 1.29 is 0 Å². The lowest BCUT2D eigenvalue weighted by atomic mass is 10.1. The molecule has 0 spiro atoms. The van der Waals surface area contributed by atoms with Crippen LogP contribution in [0.2, 0.25) is 0 Å². The fourth-order valence-corrected chi connectivity index (χ4v) is 2.96. The van der Waals surface area contributed by atoms with Crippen LogP contribution in [0.25, 0.3) is 0 Å². The van der Waals surface area contributed by atoms with Gasteiger partial charge in [0, 0.05) is 36.8 Å². The molecule has 1 atom stereocenters. The van der Waals surface area contributed by atoms with Gasteiger partial charge < -0.3 is 10.2 Å². The first-order valence-electron chi connectivity index (χ1n) is 6.33. The molecule has 1 saturated heterocycles. The molecule has 94 valence electrons. The maximum atomic E-state index is 4.58. The minimum atomic E-state index is 0.387. The molecule has 2 heterocycles. The number of hydrogen-bond acceptors (Lipinski definition) is 4. The zero-order chi connectivity index (χ0) is 12.1. The highest BCUT2D eigenvalue weighted by Gasteiger charge is 2.12. The predicted molar refractivity (Wildman–Crippen MR) is 75.9 cm³/mol. The Labute approximate surface area is 108 Å². The van der Waals surface area contributed by atoms with Crippen molar-refractivity contribution in [1.29, 1.82) is 0 Å². The summed E-state index contributed by atoms with van der Waals surface area (Å²) in [5, 5.41) is 3.40. The van der Waals surface area contributed by atoms with Crippen LogP contribution in [0, 0.1) is 0 Å². The van der Waals surface area contributed by atoms with Crippen molar-refractivity contribution in [3.8, 4) is 0 Å². The number of thioether (sulfide) groups is 1. The van der Waals surface area contributed by atoms with E-state index in [0.717, 1.165) is 25.5 Å². The van der Waals surface area contributed by atoms with Crippen molar-refractivity contribution in [3.63, 3.8) is 0 Å². The zero-order valence-corrected chi connectivity index (χ0v) is 11.5. The summed E-state index contributed by atoms with van der Waals surface area (Å²) in [6.07, 6.45) is 2.00. The van der Waals surface area contributed by atoms with Gasteiger partial charge in [-0.1, -0.05) is 13.0 Å². The van der Waals surface area contributed by atoms with E-state index in [9.17, 15) is 0 Å². The second-order valence-corrected chi connectivity index (χ2v) is 5.55. The summed E-state index contributed by atoms with van der Waals surface area (Å²) in [6, 6.07) is 4.73. The van der Waals surface area contributed by atoms with Gasteiger partial charge in [-0.3, -0.25) is 0 Å². The van der Waals surface area contributed by atoms with Gasteiger partial charge in [0.15, 0.2) is 0 Å². The molecule has 2 rings (SSSR count). The number of nitrogens with one attached hydrogen (secondary N) is 1. The van der Waals surface area contributed by atoms with E-state index < -0.39 is 0 Å². The summed E-state index contributed by atoms with van der Waals surface area (Å²) in [7, 11) is 0. The first-order chi connectivity index (χ1) is 8.31. The van der Waals surface area contributed by atoms with Crippen molar-refractivity contribution in [2.75, 3.05) is 36.0 Å². The van der Waals surface area contributed by atoms with Gasteiger partial charge in [0.2, 0.25) is 0 Å². The summed E-state index contributed by atoms with van der Waals surface area (Å²) in [5.74, 6) is 3.56. The van der Waals surface area contributed by atoms with E-state index >= 15 is 0 Å². The van der Waals surface area contributed by atoms with E-state index in [-0.39, 0.29) is 0 Å². The smallest absolute Gasteiger partial charge is 0.128 e. The Hall–Kier alpha value is -0.740. The highest BCUT2D eigenvalue weighted by Crippen LogP contribution is 2.19. The molecular formula is C13H21N3S. The third-order valence-corrected chi connectivity index (χ3v) is 4.06. The third-order valence-electron chi connectivity index (χ3n) is 3.12. The zero-order valence-electron chi connectivity index (χ0n) is 10.6. The second kappa shape index (κ2) is 6.26. The number of pyridine rings is 1. The van der Waals surface area contributed by atoms with Gasteiger partial charge in [0.25, 0.3) is 0 Å². The van der Waals surface area contributed by atoms with Gasteiger partial charge in [-0.05, 0) is 25.1 Å². The molecule has 0 bridgehead atoms. The van der Waals surface area contributed by atoms with Crippen LogP contribution < -0.4 is 10.2 Å². The Kier molecular flexibility index (Phi) is 4.68. The van der Waals surface area contributed by atoms with Crippen LogP contribution in [0.1, 0.15) is 25.5 Å². The topological polar surface area (TPSA) is 28.2 Å². The van der Waals surface area contributed by atoms with Gasteiger partial charge in [-0.25, -0.2) is 4.98 Å². The van der Waals surface area contributed by atoms with E-state index in [1.54, 1.807) is 0 Å². The molecule has 17 heavy (non-hydrogen) atoms. The highest BCUT2D eigenvalue weighted by atomic mass is 32.2. The maximum absolute atomic E-state index is 4.58. The van der Waals surface area contributed by atoms with Gasteiger partial charge >= 0.3 is 0 Å². The van der Waals surface area contributed by atoms with Crippen LogP contribution in [-0.4, -0.2) is 36.1 Å². The first kappa shape index (κ1) is 12.7. The lowest BCUT2D eigenvalue weighted by Crippen LogP contribution is -2.33. The summed E-state index contributed by atoms with van der Waals surface area (Å²) in [5.41, 5.74) is 1.27. The lowest BCUT2D eigenvalue weighted by molar-refractivity contribution is 0.596. The normalized spacial score (nSPS) is 18.1. The molecule has 1 N–H and O–H groups in total. The van der Waals surface area contributed by atoms with Crippen molar-refractivity contribution >= 4 is 17.6 Å². The lowest BCUT2D eigenvalue weighted by Gasteiger charge is -2.27. The average Bonchev–Trinajstić information content (AvgIpc) is 2.40. The van der Waals surface area contributed by atoms with Crippen LogP contribution in [0.15, 0.2) is 18.3 Å². The quantitative estimate of drug-likeness (QED) is 0.889. The Morgan fingerprint density at radius 1 is 1.41 bits per heavy atom. The molecule has 0 aromatic carbocycles. The third kappa shape index (κ3) is 3.36. The Balaban J connectivity index is 2.01. The minimum absolute atomic E-state index is 0.387. The van der Waals surface area contributed by atoms with Crippen LogP contribution >= 0.6 is 11.8 Å². The van der Waals surface area contributed by atoms with Crippen molar-refractivity contribution in [3.05, 3.63) is 23.9 Å². The number of hydrogen-bond donors (Lipinski definition) is 1. The van der Waals surface area contributed by atoms with Crippen LogP contribution in [0.5, 0.6) is 0 Å². The van der Waals surface area contributed by atoms with E-state index in [0.29, 0.717) is 6.04 Å². The van der Waals surface area contributed by atoms with Crippen molar-refractivity contribution in [1.82, 2.24) is 10.3 Å². The molecule has 4 heteroatoms. The van der Waals surface area contributed by atoms with Gasteiger partial charge in [0.1, 0.15) is 5.82 Å². The van der Waals surface area contributed by atoms with Crippen molar-refractivity contribution in [2.45, 2.75) is 19.9 Å². The molecule has 0 aliphatic carbocycles. The Bertz CT molecular complexity index is 333. The van der Waals surface area contributed by atoms with Crippen LogP contribution in [0.3, 0.4) is 0 Å². The molecule has 1 unspecified atom stereocenters. The molecular weight excluding hydrogens is 230 g/mol. The highest BCUT2D eigenvalue weighted by molar-refractivity contribution is 7.99. The van der Waals surface area contributed by atoms with E-state index in [2.05, 4.69) is 41.2 Å². The summed E-state index contributed by atoms with van der Waals surface area (Å²) >= 11 is 2.03. The number of rotatable bonds is 4. The second-order valence-electron chi connectivity index (χ2n) is 4.33. The molecule has 1 aromatic heterocycles. The summed E-state index contributed by atoms with van der Waals surface area (Å²) in [6.45, 7) is 7.55. The summed E-state index contributed by atoms with van der Waals surface area (Å²) < 4.78 is 0. The number of nitrogens with zero attached hydrogens (tertiary/aromatic N) is 2. The molecule has 0 radical (unpaired) electrons. The molecule has 1 aliphatic heterocycles. The first-order valence-corrected chi connectivity index (χ1v) is 7.48. The fraction of sp³-hybridized carbons (Fsp3) is 0.615. The SMILES string of the molecule is CCNC(C)c1ccc(N2CCSCC2)nc1. The monoisotopic (exact) mass is 251 g/mol. The minimum Gasteiger partial charge on any atom is -0.355 e. The van der Waals surface area contributed by atoms with E-state index in [1.165, 1.54) is 17.1 Å². The van der Waals surface area contributed by atoms with Gasteiger partial charge in [0.05, 0.1) is 0 Å². The molecule has 1 aliphatic rings. The Morgan fingerprint density at radius 3 is 2.76 bits per heavy atom. The fourth-order valence-electron chi connectivity index (χ4n) is 2.06.